The smallest absolute Gasteiger partial charge is 0.259 e. The second-order valence-corrected chi connectivity index (χ2v) is 5.66. The Kier molecular flexibility index (Phi) is 4.92. The number of hydrogen-bond acceptors (Lipinski definition) is 4. The van der Waals surface area contributed by atoms with Gasteiger partial charge in [0.05, 0.1) is 24.6 Å². The number of hydrogen-bond donors (Lipinski definition) is 1. The fraction of sp³-hybridized carbons (Fsp3) is 0.412. The number of amides is 1. The van der Waals surface area contributed by atoms with Gasteiger partial charge in [0.15, 0.2) is 0 Å². The Hall–Kier alpha value is -2.34. The second-order valence-electron chi connectivity index (χ2n) is 5.66. The van der Waals surface area contributed by atoms with Crippen molar-refractivity contribution in [2.45, 2.75) is 19.4 Å². The number of methoxy groups -OCH3 is 1. The first-order chi connectivity index (χ1) is 11.3. The summed E-state index contributed by atoms with van der Waals surface area (Å²) in [5.74, 6) is 0.939. The summed E-state index contributed by atoms with van der Waals surface area (Å²) in [7, 11) is 1.55. The largest absolute Gasteiger partial charge is 0.496 e. The predicted molar refractivity (Wildman–Crippen MR) is 86.7 cm³/mol. The minimum atomic E-state index is -0.201. The van der Waals surface area contributed by atoms with Gasteiger partial charge in [-0.3, -0.25) is 9.48 Å². The van der Waals surface area contributed by atoms with Gasteiger partial charge in [-0.1, -0.05) is 12.1 Å². The maximum absolute atomic E-state index is 12.3. The van der Waals surface area contributed by atoms with Crippen LogP contribution >= 0.6 is 0 Å². The van der Waals surface area contributed by atoms with Crippen LogP contribution in [0.4, 0.5) is 5.69 Å². The highest BCUT2D eigenvalue weighted by atomic mass is 16.5. The number of benzene rings is 1. The Labute approximate surface area is 135 Å². The summed E-state index contributed by atoms with van der Waals surface area (Å²) in [6, 6.07) is 7.15. The number of anilines is 1. The van der Waals surface area contributed by atoms with Crippen molar-refractivity contribution in [3.05, 3.63) is 42.2 Å². The molecule has 122 valence electrons. The summed E-state index contributed by atoms with van der Waals surface area (Å²) in [5, 5.41) is 7.19. The molecule has 23 heavy (non-hydrogen) atoms. The molecule has 6 heteroatoms. The van der Waals surface area contributed by atoms with Crippen molar-refractivity contribution >= 4 is 11.6 Å². The summed E-state index contributed by atoms with van der Waals surface area (Å²) < 4.78 is 12.5. The molecule has 1 saturated heterocycles. The molecular weight excluding hydrogens is 294 g/mol. The highest BCUT2D eigenvalue weighted by Gasteiger charge is 2.16. The average Bonchev–Trinajstić information content (AvgIpc) is 3.02. The van der Waals surface area contributed by atoms with Crippen LogP contribution in [-0.4, -0.2) is 36.0 Å². The van der Waals surface area contributed by atoms with Crippen LogP contribution in [0.5, 0.6) is 5.75 Å². The van der Waals surface area contributed by atoms with Gasteiger partial charge in [0.25, 0.3) is 5.91 Å². The Morgan fingerprint density at radius 3 is 2.96 bits per heavy atom. The topological polar surface area (TPSA) is 65.4 Å². The molecule has 0 aliphatic carbocycles. The van der Waals surface area contributed by atoms with E-state index in [1.807, 2.05) is 23.0 Å². The molecule has 0 unspecified atom stereocenters. The summed E-state index contributed by atoms with van der Waals surface area (Å²) >= 11 is 0. The van der Waals surface area contributed by atoms with Crippen LogP contribution < -0.4 is 10.1 Å². The molecule has 1 aromatic carbocycles. The van der Waals surface area contributed by atoms with Gasteiger partial charge in [-0.15, -0.1) is 0 Å². The van der Waals surface area contributed by atoms with Crippen molar-refractivity contribution in [3.8, 4) is 5.75 Å². The molecule has 1 fully saturated rings. The maximum Gasteiger partial charge on any atom is 0.259 e. The fourth-order valence-electron chi connectivity index (χ4n) is 2.75. The molecule has 2 heterocycles. The van der Waals surface area contributed by atoms with Gasteiger partial charge in [-0.05, 0) is 30.9 Å². The number of carbonyl (C=O) groups is 1. The zero-order valence-electron chi connectivity index (χ0n) is 13.2. The van der Waals surface area contributed by atoms with E-state index in [-0.39, 0.29) is 5.91 Å². The molecule has 2 aromatic rings. The second kappa shape index (κ2) is 7.28. The van der Waals surface area contributed by atoms with E-state index in [1.54, 1.807) is 25.4 Å². The molecule has 0 radical (unpaired) electrons. The lowest BCUT2D eigenvalue weighted by molar-refractivity contribution is 0.0601. The lowest BCUT2D eigenvalue weighted by Gasteiger charge is -2.21. The first-order valence-electron chi connectivity index (χ1n) is 7.81. The van der Waals surface area contributed by atoms with E-state index < -0.39 is 0 Å². The van der Waals surface area contributed by atoms with Gasteiger partial charge >= 0.3 is 0 Å². The lowest BCUT2D eigenvalue weighted by atomic mass is 10.0. The van der Waals surface area contributed by atoms with Crippen LogP contribution in [0, 0.1) is 5.92 Å². The van der Waals surface area contributed by atoms with Gasteiger partial charge in [0, 0.05) is 26.0 Å². The van der Waals surface area contributed by atoms with Crippen molar-refractivity contribution in [1.82, 2.24) is 9.78 Å². The van der Waals surface area contributed by atoms with Crippen LogP contribution in [0.2, 0.25) is 0 Å². The van der Waals surface area contributed by atoms with Crippen LogP contribution in [0.1, 0.15) is 23.2 Å². The monoisotopic (exact) mass is 315 g/mol. The van der Waals surface area contributed by atoms with E-state index in [9.17, 15) is 4.79 Å². The zero-order valence-corrected chi connectivity index (χ0v) is 13.2. The third-order valence-electron chi connectivity index (χ3n) is 4.03. The van der Waals surface area contributed by atoms with Gasteiger partial charge in [-0.25, -0.2) is 0 Å². The van der Waals surface area contributed by atoms with Crippen LogP contribution in [-0.2, 0) is 11.3 Å². The van der Waals surface area contributed by atoms with Crippen molar-refractivity contribution in [2.24, 2.45) is 5.92 Å². The highest BCUT2D eigenvalue weighted by molar-refractivity contribution is 6.06. The summed E-state index contributed by atoms with van der Waals surface area (Å²) in [5.41, 5.74) is 1.19. The number of carbonyl (C=O) groups excluding carboxylic acids is 1. The molecule has 0 saturated carbocycles. The summed E-state index contributed by atoms with van der Waals surface area (Å²) in [6.07, 6.45) is 5.65. The lowest BCUT2D eigenvalue weighted by Crippen LogP contribution is -2.20. The van der Waals surface area contributed by atoms with Gasteiger partial charge in [-0.2, -0.15) is 5.10 Å². The Balaban J connectivity index is 1.63. The van der Waals surface area contributed by atoms with E-state index in [1.165, 1.54) is 0 Å². The third kappa shape index (κ3) is 3.90. The fourth-order valence-corrected chi connectivity index (χ4v) is 2.75. The number of para-hydroxylation sites is 1. The van der Waals surface area contributed by atoms with E-state index in [2.05, 4.69) is 10.4 Å². The van der Waals surface area contributed by atoms with Crippen molar-refractivity contribution in [1.29, 1.82) is 0 Å². The quantitative estimate of drug-likeness (QED) is 0.921. The van der Waals surface area contributed by atoms with E-state index in [0.717, 1.165) is 32.6 Å². The molecule has 3 rings (SSSR count). The number of aromatic nitrogens is 2. The summed E-state index contributed by atoms with van der Waals surface area (Å²) in [4.78, 5) is 12.3. The van der Waals surface area contributed by atoms with Crippen molar-refractivity contribution in [2.75, 3.05) is 25.6 Å². The number of nitrogens with zero attached hydrogens (tertiary/aromatic N) is 2. The van der Waals surface area contributed by atoms with Gasteiger partial charge in [0.1, 0.15) is 5.75 Å². The minimum Gasteiger partial charge on any atom is -0.496 e. The predicted octanol–water partition coefficient (Wildman–Crippen LogP) is 2.57. The zero-order chi connectivity index (χ0) is 16.1. The number of nitrogens with one attached hydrogen (secondary N) is 1. The molecular formula is C17H21N3O3. The standard InChI is InChI=1S/C17H21N3O3/c1-22-16-5-3-2-4-15(16)17(21)19-14-10-18-20(12-14)11-13-6-8-23-9-7-13/h2-5,10,12-13H,6-9,11H2,1H3,(H,19,21). The minimum absolute atomic E-state index is 0.201. The SMILES string of the molecule is COc1ccccc1C(=O)Nc1cnn(CC2CCOCC2)c1. The Morgan fingerprint density at radius 1 is 1.39 bits per heavy atom. The third-order valence-corrected chi connectivity index (χ3v) is 4.03. The molecule has 0 bridgehead atoms. The van der Waals surface area contributed by atoms with Crippen LogP contribution in [0.3, 0.4) is 0 Å². The molecule has 1 amide bonds. The first-order valence-corrected chi connectivity index (χ1v) is 7.81. The number of ether oxygens (including phenoxy) is 2. The summed E-state index contributed by atoms with van der Waals surface area (Å²) in [6.45, 7) is 2.50. The first kappa shape index (κ1) is 15.6. The Morgan fingerprint density at radius 2 is 2.17 bits per heavy atom. The molecule has 1 aliphatic rings. The molecule has 1 N–H and O–H groups in total. The van der Waals surface area contributed by atoms with Gasteiger partial charge in [0.2, 0.25) is 0 Å². The Bertz CT molecular complexity index is 663. The molecule has 6 nitrogen and oxygen atoms in total. The normalized spacial score (nSPS) is 15.3. The van der Waals surface area contributed by atoms with E-state index in [4.69, 9.17) is 9.47 Å². The van der Waals surface area contributed by atoms with E-state index >= 15 is 0 Å². The molecule has 0 atom stereocenters. The molecule has 1 aromatic heterocycles. The maximum atomic E-state index is 12.3. The van der Waals surface area contributed by atoms with Gasteiger partial charge < -0.3 is 14.8 Å². The van der Waals surface area contributed by atoms with Crippen LogP contribution in [0.25, 0.3) is 0 Å². The average molecular weight is 315 g/mol. The molecule has 1 aliphatic heterocycles. The van der Waals surface area contributed by atoms with Crippen molar-refractivity contribution < 1.29 is 14.3 Å². The van der Waals surface area contributed by atoms with Crippen LogP contribution in [0.15, 0.2) is 36.7 Å². The number of rotatable bonds is 5. The van der Waals surface area contributed by atoms with E-state index in [0.29, 0.717) is 22.9 Å². The highest BCUT2D eigenvalue weighted by Crippen LogP contribution is 2.20. The van der Waals surface area contributed by atoms with Crippen molar-refractivity contribution in [3.63, 3.8) is 0 Å². The molecule has 0 spiro atoms.